The fraction of sp³-hybridized carbons (Fsp3) is 0.389. The lowest BCUT2D eigenvalue weighted by Crippen LogP contribution is -2.51. The van der Waals surface area contributed by atoms with Gasteiger partial charge in [-0.15, -0.1) is 0 Å². The Hall–Kier alpha value is -2.70. The van der Waals surface area contributed by atoms with Gasteiger partial charge in [0.25, 0.3) is 0 Å². The van der Waals surface area contributed by atoms with E-state index in [1.54, 1.807) is 34.9 Å². The zero-order valence-electron chi connectivity index (χ0n) is 14.1. The van der Waals surface area contributed by atoms with Crippen molar-refractivity contribution in [3.63, 3.8) is 0 Å². The maximum atomic E-state index is 12.9. The molecule has 2 amide bonds. The molecule has 132 valence electrons. The van der Waals surface area contributed by atoms with Gasteiger partial charge in [-0.3, -0.25) is 9.59 Å². The molecule has 0 spiro atoms. The smallest absolute Gasteiger partial charge is 0.228 e. The lowest BCUT2D eigenvalue weighted by atomic mass is 10.1. The minimum atomic E-state index is -0.314. The molecule has 1 fully saturated rings. The maximum absolute atomic E-state index is 12.9. The van der Waals surface area contributed by atoms with Crippen LogP contribution in [0.3, 0.4) is 0 Å². The van der Waals surface area contributed by atoms with Crippen LogP contribution < -0.4 is 0 Å². The molecular weight excluding hydrogens is 325 g/mol. The summed E-state index contributed by atoms with van der Waals surface area (Å²) in [4.78, 5) is 28.1. The van der Waals surface area contributed by atoms with Gasteiger partial charge in [0.1, 0.15) is 11.6 Å². The molecule has 1 aliphatic rings. The second kappa shape index (κ2) is 7.46. The molecule has 6 nitrogen and oxygen atoms in total. The standard InChI is InChI=1S/C18H20FN3O3/c1-13-10-16(20-25-13)12-18(24)22-8-6-21(7-9-22)17(23)11-14-2-4-15(19)5-3-14/h2-5,10H,6-9,11-12H2,1H3. The van der Waals surface area contributed by atoms with Gasteiger partial charge in [0.2, 0.25) is 11.8 Å². The first-order valence-corrected chi connectivity index (χ1v) is 8.23. The number of carbonyl (C=O) groups is 2. The van der Waals surface area contributed by atoms with Crippen LogP contribution in [-0.2, 0) is 22.4 Å². The molecule has 0 radical (unpaired) electrons. The number of benzene rings is 1. The zero-order valence-corrected chi connectivity index (χ0v) is 14.1. The Balaban J connectivity index is 1.48. The number of nitrogens with zero attached hydrogens (tertiary/aromatic N) is 3. The normalized spacial score (nSPS) is 14.6. The number of amides is 2. The monoisotopic (exact) mass is 345 g/mol. The van der Waals surface area contributed by atoms with E-state index in [0.717, 1.165) is 5.56 Å². The molecule has 7 heteroatoms. The number of piperazine rings is 1. The number of aromatic nitrogens is 1. The largest absolute Gasteiger partial charge is 0.361 e. The number of rotatable bonds is 4. The van der Waals surface area contributed by atoms with Gasteiger partial charge in [0.05, 0.1) is 18.5 Å². The van der Waals surface area contributed by atoms with Crippen molar-refractivity contribution >= 4 is 11.8 Å². The lowest BCUT2D eigenvalue weighted by Gasteiger charge is -2.34. The molecule has 2 heterocycles. The molecule has 1 aromatic heterocycles. The Labute approximate surface area is 145 Å². The lowest BCUT2D eigenvalue weighted by molar-refractivity contribution is -0.138. The van der Waals surface area contributed by atoms with E-state index in [0.29, 0.717) is 37.6 Å². The molecule has 1 aliphatic heterocycles. The van der Waals surface area contributed by atoms with Gasteiger partial charge in [0.15, 0.2) is 0 Å². The number of hydrogen-bond donors (Lipinski definition) is 0. The summed E-state index contributed by atoms with van der Waals surface area (Å²) < 4.78 is 17.9. The number of halogens is 1. The van der Waals surface area contributed by atoms with Gasteiger partial charge in [0, 0.05) is 32.2 Å². The van der Waals surface area contributed by atoms with Crippen LogP contribution in [0.2, 0.25) is 0 Å². The van der Waals surface area contributed by atoms with Crippen molar-refractivity contribution < 1.29 is 18.5 Å². The van der Waals surface area contributed by atoms with E-state index in [9.17, 15) is 14.0 Å². The molecule has 2 aromatic rings. The van der Waals surface area contributed by atoms with Crippen LogP contribution in [-0.4, -0.2) is 52.9 Å². The van der Waals surface area contributed by atoms with Crippen molar-refractivity contribution in [1.82, 2.24) is 15.0 Å². The topological polar surface area (TPSA) is 66.7 Å². The van der Waals surface area contributed by atoms with Crippen LogP contribution in [0.5, 0.6) is 0 Å². The number of hydrogen-bond acceptors (Lipinski definition) is 4. The highest BCUT2D eigenvalue weighted by molar-refractivity contribution is 5.80. The summed E-state index contributed by atoms with van der Waals surface area (Å²) in [5.41, 5.74) is 1.41. The van der Waals surface area contributed by atoms with Gasteiger partial charge in [-0.25, -0.2) is 4.39 Å². The zero-order chi connectivity index (χ0) is 17.8. The predicted molar refractivity (Wildman–Crippen MR) is 88.2 cm³/mol. The van der Waals surface area contributed by atoms with E-state index in [1.165, 1.54) is 12.1 Å². The van der Waals surface area contributed by atoms with E-state index in [4.69, 9.17) is 4.52 Å². The van der Waals surface area contributed by atoms with E-state index in [-0.39, 0.29) is 30.5 Å². The number of carbonyl (C=O) groups excluding carboxylic acids is 2. The summed E-state index contributed by atoms with van der Waals surface area (Å²) in [5.74, 6) is 0.342. The SMILES string of the molecule is Cc1cc(CC(=O)N2CCN(C(=O)Cc3ccc(F)cc3)CC2)no1. The molecule has 1 aromatic carbocycles. The summed E-state index contributed by atoms with van der Waals surface area (Å²) in [6.45, 7) is 3.80. The van der Waals surface area contributed by atoms with Crippen molar-refractivity contribution in [2.75, 3.05) is 26.2 Å². The van der Waals surface area contributed by atoms with Gasteiger partial charge < -0.3 is 14.3 Å². The van der Waals surface area contributed by atoms with Crippen LogP contribution in [0.1, 0.15) is 17.0 Å². The summed E-state index contributed by atoms with van der Waals surface area (Å²) in [5, 5.41) is 3.83. The number of aryl methyl sites for hydroxylation is 1. The van der Waals surface area contributed by atoms with Crippen molar-refractivity contribution in [1.29, 1.82) is 0 Å². The van der Waals surface area contributed by atoms with Crippen LogP contribution in [0, 0.1) is 12.7 Å². The molecule has 0 bridgehead atoms. The first-order valence-electron chi connectivity index (χ1n) is 8.23. The Morgan fingerprint density at radius 3 is 2.12 bits per heavy atom. The average molecular weight is 345 g/mol. The highest BCUT2D eigenvalue weighted by Crippen LogP contribution is 2.10. The van der Waals surface area contributed by atoms with Crippen LogP contribution in [0.25, 0.3) is 0 Å². The van der Waals surface area contributed by atoms with Gasteiger partial charge >= 0.3 is 0 Å². The minimum absolute atomic E-state index is 0.00849. The van der Waals surface area contributed by atoms with Gasteiger partial charge in [-0.1, -0.05) is 17.3 Å². The predicted octanol–water partition coefficient (Wildman–Crippen LogP) is 1.58. The fourth-order valence-corrected chi connectivity index (χ4v) is 2.86. The van der Waals surface area contributed by atoms with E-state index in [2.05, 4.69) is 5.16 Å². The minimum Gasteiger partial charge on any atom is -0.361 e. The third-order valence-corrected chi connectivity index (χ3v) is 4.26. The first kappa shape index (κ1) is 17.1. The summed E-state index contributed by atoms with van der Waals surface area (Å²) in [6.07, 6.45) is 0.452. The molecule has 1 saturated heterocycles. The van der Waals surface area contributed by atoms with Crippen LogP contribution in [0.15, 0.2) is 34.9 Å². The second-order valence-corrected chi connectivity index (χ2v) is 6.17. The quantitative estimate of drug-likeness (QED) is 0.844. The summed E-state index contributed by atoms with van der Waals surface area (Å²) in [6, 6.07) is 7.69. The van der Waals surface area contributed by atoms with E-state index in [1.807, 2.05) is 0 Å². The molecule has 0 aliphatic carbocycles. The molecule has 0 N–H and O–H groups in total. The summed E-state index contributed by atoms with van der Waals surface area (Å²) >= 11 is 0. The van der Waals surface area contributed by atoms with E-state index < -0.39 is 0 Å². The van der Waals surface area contributed by atoms with Gasteiger partial charge in [-0.05, 0) is 24.6 Å². The Morgan fingerprint density at radius 2 is 1.60 bits per heavy atom. The highest BCUT2D eigenvalue weighted by atomic mass is 19.1. The molecule has 0 saturated carbocycles. The van der Waals surface area contributed by atoms with Crippen molar-refractivity contribution in [3.05, 3.63) is 53.2 Å². The Morgan fingerprint density at radius 1 is 1.04 bits per heavy atom. The molecular formula is C18H20FN3O3. The van der Waals surface area contributed by atoms with E-state index >= 15 is 0 Å². The van der Waals surface area contributed by atoms with Crippen molar-refractivity contribution in [2.45, 2.75) is 19.8 Å². The second-order valence-electron chi connectivity index (χ2n) is 6.17. The van der Waals surface area contributed by atoms with Crippen LogP contribution >= 0.6 is 0 Å². The van der Waals surface area contributed by atoms with Crippen LogP contribution in [0.4, 0.5) is 4.39 Å². The molecule has 0 unspecified atom stereocenters. The maximum Gasteiger partial charge on any atom is 0.228 e. The fourth-order valence-electron chi connectivity index (χ4n) is 2.86. The average Bonchev–Trinajstić information content (AvgIpc) is 3.02. The van der Waals surface area contributed by atoms with Gasteiger partial charge in [-0.2, -0.15) is 0 Å². The Bertz CT molecular complexity index is 749. The van der Waals surface area contributed by atoms with Crippen molar-refractivity contribution in [2.24, 2.45) is 0 Å². The first-order chi connectivity index (χ1) is 12.0. The molecule has 25 heavy (non-hydrogen) atoms. The molecule has 0 atom stereocenters. The third kappa shape index (κ3) is 4.43. The van der Waals surface area contributed by atoms with Crippen molar-refractivity contribution in [3.8, 4) is 0 Å². The third-order valence-electron chi connectivity index (χ3n) is 4.26. The highest BCUT2D eigenvalue weighted by Gasteiger charge is 2.24. The summed E-state index contributed by atoms with van der Waals surface area (Å²) in [7, 11) is 0. The molecule has 3 rings (SSSR count). The Kier molecular flexibility index (Phi) is 5.11.